The number of carbonyl (C=O) groups excluding carboxylic acids is 2. The van der Waals surface area contributed by atoms with Gasteiger partial charge in [-0.3, -0.25) is 19.2 Å². The van der Waals surface area contributed by atoms with Crippen LogP contribution in [-0.2, 0) is 22.7 Å². The number of imide groups is 1. The highest BCUT2D eigenvalue weighted by Crippen LogP contribution is 2.33. The number of aromatic nitrogens is 4. The first kappa shape index (κ1) is 23.0. The summed E-state index contributed by atoms with van der Waals surface area (Å²) in [5.41, 5.74) is 8.59. The van der Waals surface area contributed by atoms with Gasteiger partial charge in [0.1, 0.15) is 17.0 Å². The number of carbonyl (C=O) groups is 2. The lowest BCUT2D eigenvalue weighted by Crippen LogP contribution is -2.29. The zero-order chi connectivity index (χ0) is 24.2. The van der Waals surface area contributed by atoms with Crippen LogP contribution >= 0.6 is 0 Å². The lowest BCUT2D eigenvalue weighted by atomic mass is 10.1. The Morgan fingerprint density at radius 3 is 2.32 bits per heavy atom. The van der Waals surface area contributed by atoms with E-state index in [1.807, 2.05) is 0 Å². The van der Waals surface area contributed by atoms with Gasteiger partial charge >= 0.3 is 0 Å². The Balaban J connectivity index is 1.64. The molecular formula is C23H27N7O4. The third-order valence-electron chi connectivity index (χ3n) is 5.48. The number of hydrogen-bond acceptors (Lipinski definition) is 9. The second kappa shape index (κ2) is 9.77. The summed E-state index contributed by atoms with van der Waals surface area (Å²) in [4.78, 5) is 33.6. The average Bonchev–Trinajstić information content (AvgIpc) is 3.37. The number of amides is 2. The Labute approximate surface area is 196 Å². The van der Waals surface area contributed by atoms with Crippen molar-refractivity contribution >= 4 is 34.6 Å². The molecule has 34 heavy (non-hydrogen) atoms. The standard InChI is InChI=1S/C23H27N7O4/c1-4-5-8-25-22-21-16(26-23(24)27-22)13-29(28-21)12-15-17(33-2)9-14(10-18(15)34-3)11-30-19(31)6-7-20(30)32/h6-7,9-10,13H,4-5,8,11-12H2,1-3H3,(H3,24,25,26,27). The summed E-state index contributed by atoms with van der Waals surface area (Å²) in [5, 5.41) is 7.94. The molecule has 0 saturated carbocycles. The zero-order valence-electron chi connectivity index (χ0n) is 19.4. The molecule has 0 atom stereocenters. The summed E-state index contributed by atoms with van der Waals surface area (Å²) in [5.74, 6) is 1.17. The Morgan fingerprint density at radius 2 is 1.71 bits per heavy atom. The number of ether oxygens (including phenoxy) is 2. The van der Waals surface area contributed by atoms with Crippen LogP contribution in [0.2, 0.25) is 0 Å². The van der Waals surface area contributed by atoms with E-state index < -0.39 is 0 Å². The number of rotatable bonds is 10. The van der Waals surface area contributed by atoms with Crippen molar-refractivity contribution in [3.63, 3.8) is 0 Å². The van der Waals surface area contributed by atoms with Crippen LogP contribution in [0.3, 0.4) is 0 Å². The largest absolute Gasteiger partial charge is 0.496 e. The summed E-state index contributed by atoms with van der Waals surface area (Å²) in [6.07, 6.45) is 6.36. The Bertz CT molecular complexity index is 1220. The molecule has 0 unspecified atom stereocenters. The molecule has 1 aromatic carbocycles. The minimum atomic E-state index is -0.348. The first-order valence-corrected chi connectivity index (χ1v) is 10.9. The Morgan fingerprint density at radius 1 is 1.03 bits per heavy atom. The molecule has 0 fully saturated rings. The molecule has 11 heteroatoms. The zero-order valence-corrected chi connectivity index (χ0v) is 19.4. The molecule has 0 radical (unpaired) electrons. The highest BCUT2D eigenvalue weighted by Gasteiger charge is 2.25. The van der Waals surface area contributed by atoms with Gasteiger partial charge in [0.25, 0.3) is 11.8 Å². The summed E-state index contributed by atoms with van der Waals surface area (Å²) < 4.78 is 13.0. The van der Waals surface area contributed by atoms with Gasteiger partial charge in [0.2, 0.25) is 5.95 Å². The van der Waals surface area contributed by atoms with E-state index >= 15 is 0 Å². The van der Waals surface area contributed by atoms with E-state index in [-0.39, 0.29) is 24.3 Å². The van der Waals surface area contributed by atoms with E-state index in [1.54, 1.807) is 37.2 Å². The van der Waals surface area contributed by atoms with Crippen LogP contribution in [0.4, 0.5) is 11.8 Å². The summed E-state index contributed by atoms with van der Waals surface area (Å²) in [7, 11) is 3.11. The second-order valence-corrected chi connectivity index (χ2v) is 7.85. The molecule has 1 aliphatic heterocycles. The number of nitrogen functional groups attached to an aromatic ring is 1. The van der Waals surface area contributed by atoms with Gasteiger partial charge in [-0.2, -0.15) is 10.1 Å². The molecule has 2 aromatic heterocycles. The number of nitrogens with two attached hydrogens (primary N) is 1. The molecule has 0 bridgehead atoms. The van der Waals surface area contributed by atoms with Gasteiger partial charge in [0.15, 0.2) is 11.3 Å². The van der Waals surface area contributed by atoms with Crippen LogP contribution in [0.5, 0.6) is 11.5 Å². The van der Waals surface area contributed by atoms with Gasteiger partial charge in [-0.15, -0.1) is 0 Å². The van der Waals surface area contributed by atoms with E-state index in [2.05, 4.69) is 27.3 Å². The predicted octanol–water partition coefficient (Wildman–Crippen LogP) is 2.11. The first-order valence-electron chi connectivity index (χ1n) is 10.9. The van der Waals surface area contributed by atoms with E-state index in [1.165, 1.54) is 12.2 Å². The lowest BCUT2D eigenvalue weighted by molar-refractivity contribution is -0.137. The molecule has 0 spiro atoms. The third-order valence-corrected chi connectivity index (χ3v) is 5.48. The van der Waals surface area contributed by atoms with Crippen molar-refractivity contribution in [2.45, 2.75) is 32.9 Å². The van der Waals surface area contributed by atoms with Crippen LogP contribution in [0.1, 0.15) is 30.9 Å². The molecular weight excluding hydrogens is 438 g/mol. The lowest BCUT2D eigenvalue weighted by Gasteiger charge is -2.18. The molecule has 11 nitrogen and oxygen atoms in total. The van der Waals surface area contributed by atoms with Crippen LogP contribution < -0.4 is 20.5 Å². The molecule has 178 valence electrons. The number of nitrogens with zero attached hydrogens (tertiary/aromatic N) is 5. The number of anilines is 2. The maximum Gasteiger partial charge on any atom is 0.253 e. The van der Waals surface area contributed by atoms with E-state index in [0.717, 1.165) is 29.8 Å². The van der Waals surface area contributed by atoms with E-state index in [0.29, 0.717) is 40.5 Å². The average molecular weight is 466 g/mol. The Hall–Kier alpha value is -4.15. The quantitative estimate of drug-likeness (QED) is 0.340. The maximum atomic E-state index is 11.9. The van der Waals surface area contributed by atoms with Crippen molar-refractivity contribution in [2.24, 2.45) is 0 Å². The van der Waals surface area contributed by atoms with Crippen molar-refractivity contribution in [3.8, 4) is 11.5 Å². The smallest absolute Gasteiger partial charge is 0.253 e. The topological polar surface area (TPSA) is 137 Å². The van der Waals surface area contributed by atoms with Crippen molar-refractivity contribution in [1.82, 2.24) is 24.6 Å². The predicted molar refractivity (Wildman–Crippen MR) is 126 cm³/mol. The number of methoxy groups -OCH3 is 2. The summed E-state index contributed by atoms with van der Waals surface area (Å²) in [6.45, 7) is 3.32. The molecule has 2 amide bonds. The Kier molecular flexibility index (Phi) is 6.62. The molecule has 3 aromatic rings. The van der Waals surface area contributed by atoms with Gasteiger partial charge in [-0.25, -0.2) is 4.98 Å². The van der Waals surface area contributed by atoms with Crippen molar-refractivity contribution in [3.05, 3.63) is 41.6 Å². The molecule has 0 saturated heterocycles. The highest BCUT2D eigenvalue weighted by molar-refractivity contribution is 6.12. The second-order valence-electron chi connectivity index (χ2n) is 7.85. The fourth-order valence-electron chi connectivity index (χ4n) is 3.78. The minimum Gasteiger partial charge on any atom is -0.496 e. The molecule has 1 aliphatic rings. The van der Waals surface area contributed by atoms with Gasteiger partial charge in [0, 0.05) is 18.7 Å². The maximum absolute atomic E-state index is 11.9. The number of benzene rings is 1. The number of hydrogen-bond donors (Lipinski definition) is 2. The number of nitrogens with one attached hydrogen (secondary N) is 1. The fourth-order valence-corrected chi connectivity index (χ4v) is 3.78. The fraction of sp³-hybridized carbons (Fsp3) is 0.348. The number of fused-ring (bicyclic) bond motifs is 1. The van der Waals surface area contributed by atoms with Crippen LogP contribution in [-0.4, -0.2) is 57.2 Å². The van der Waals surface area contributed by atoms with Crippen LogP contribution in [0.15, 0.2) is 30.5 Å². The summed E-state index contributed by atoms with van der Waals surface area (Å²) in [6, 6.07) is 3.57. The molecule has 3 heterocycles. The van der Waals surface area contributed by atoms with Crippen LogP contribution in [0.25, 0.3) is 11.0 Å². The van der Waals surface area contributed by atoms with E-state index in [4.69, 9.17) is 15.2 Å². The normalized spacial score (nSPS) is 13.2. The number of unbranched alkanes of at least 4 members (excludes halogenated alkanes) is 1. The van der Waals surface area contributed by atoms with Crippen LogP contribution in [0, 0.1) is 0 Å². The van der Waals surface area contributed by atoms with Gasteiger partial charge in [0.05, 0.1) is 39.1 Å². The van der Waals surface area contributed by atoms with Gasteiger partial charge < -0.3 is 20.5 Å². The molecule has 3 N–H and O–H groups in total. The first-order chi connectivity index (χ1) is 16.4. The minimum absolute atomic E-state index is 0.116. The van der Waals surface area contributed by atoms with E-state index in [9.17, 15) is 9.59 Å². The summed E-state index contributed by atoms with van der Waals surface area (Å²) >= 11 is 0. The van der Waals surface area contributed by atoms with Crippen molar-refractivity contribution in [1.29, 1.82) is 0 Å². The molecule has 4 rings (SSSR count). The van der Waals surface area contributed by atoms with Gasteiger partial charge in [-0.05, 0) is 24.1 Å². The third kappa shape index (κ3) is 4.63. The van der Waals surface area contributed by atoms with Crippen molar-refractivity contribution < 1.29 is 19.1 Å². The monoisotopic (exact) mass is 465 g/mol. The molecule has 0 aliphatic carbocycles. The SMILES string of the molecule is CCCCNc1nc(N)nc2cn(Cc3c(OC)cc(CN4C(=O)C=CC4=O)cc3OC)nc12. The highest BCUT2D eigenvalue weighted by atomic mass is 16.5. The van der Waals surface area contributed by atoms with Gasteiger partial charge in [-0.1, -0.05) is 13.3 Å². The van der Waals surface area contributed by atoms with Crippen molar-refractivity contribution in [2.75, 3.05) is 31.8 Å².